The molecule has 0 spiro atoms. The third-order valence-electron chi connectivity index (χ3n) is 6.68. The molecule has 10 heteroatoms. The molecule has 2 aliphatic heterocycles. The van der Waals surface area contributed by atoms with Crippen LogP contribution in [0, 0.1) is 18.8 Å². The monoisotopic (exact) mass is 499 g/mol. The number of carbonyl (C=O) groups is 1. The summed E-state index contributed by atoms with van der Waals surface area (Å²) >= 11 is 0. The van der Waals surface area contributed by atoms with Crippen LogP contribution in [0.4, 0.5) is 0 Å². The Balaban J connectivity index is 1.50. The van der Waals surface area contributed by atoms with E-state index in [1.54, 1.807) is 24.3 Å². The number of piperidine rings is 2. The van der Waals surface area contributed by atoms with E-state index in [0.29, 0.717) is 52.0 Å². The lowest BCUT2D eigenvalue weighted by Gasteiger charge is -2.37. The molecule has 2 saturated heterocycles. The Morgan fingerprint density at radius 2 is 1.70 bits per heavy atom. The van der Waals surface area contributed by atoms with Crippen LogP contribution < -0.4 is 4.72 Å². The van der Waals surface area contributed by atoms with Gasteiger partial charge >= 0.3 is 0 Å². The van der Waals surface area contributed by atoms with E-state index in [0.717, 1.165) is 24.8 Å². The molecule has 33 heavy (non-hydrogen) atoms. The number of carbonyl (C=O) groups excluding carboxylic acids is 1. The van der Waals surface area contributed by atoms with Crippen LogP contribution in [0.2, 0.25) is 0 Å². The normalized spacial score (nSPS) is 21.3. The quantitative estimate of drug-likeness (QED) is 0.562. The van der Waals surface area contributed by atoms with Crippen molar-refractivity contribution in [3.63, 3.8) is 0 Å². The summed E-state index contributed by atoms with van der Waals surface area (Å²) in [6.45, 7) is 6.19. The number of aryl methyl sites for hydroxylation is 1. The first kappa shape index (κ1) is 26.1. The first-order chi connectivity index (χ1) is 15.6. The number of nitrogens with one attached hydrogen (secondary N) is 1. The third-order valence-corrected chi connectivity index (χ3v) is 10.1. The summed E-state index contributed by atoms with van der Waals surface area (Å²) in [6.07, 6.45) is 4.30. The summed E-state index contributed by atoms with van der Waals surface area (Å²) < 4.78 is 54.2. The van der Waals surface area contributed by atoms with Crippen molar-refractivity contribution >= 4 is 26.0 Å². The molecule has 0 bridgehead atoms. The molecule has 1 N–H and O–H groups in total. The molecule has 1 aromatic rings. The molecule has 2 fully saturated rings. The lowest BCUT2D eigenvalue weighted by molar-refractivity contribution is -0.138. The average Bonchev–Trinajstić information content (AvgIpc) is 2.81. The van der Waals surface area contributed by atoms with Gasteiger partial charge in [-0.1, -0.05) is 31.0 Å². The Kier molecular flexibility index (Phi) is 8.94. The molecule has 0 aromatic heterocycles. The summed E-state index contributed by atoms with van der Waals surface area (Å²) in [7, 11) is -6.81. The number of hydrogen-bond donors (Lipinski definition) is 1. The maximum atomic E-state index is 13.1. The average molecular weight is 500 g/mol. The van der Waals surface area contributed by atoms with Crippen molar-refractivity contribution in [3.05, 3.63) is 29.8 Å². The first-order valence-electron chi connectivity index (χ1n) is 12.0. The largest absolute Gasteiger partial charge is 0.342 e. The van der Waals surface area contributed by atoms with Crippen LogP contribution in [0.5, 0.6) is 0 Å². The zero-order chi connectivity index (χ0) is 24.1. The Morgan fingerprint density at radius 1 is 1.03 bits per heavy atom. The van der Waals surface area contributed by atoms with Crippen LogP contribution in [0.25, 0.3) is 0 Å². The van der Waals surface area contributed by atoms with E-state index in [-0.39, 0.29) is 28.4 Å². The van der Waals surface area contributed by atoms with Gasteiger partial charge in [-0.05, 0) is 57.1 Å². The van der Waals surface area contributed by atoms with E-state index in [1.807, 2.05) is 18.7 Å². The molecule has 0 aliphatic carbocycles. The molecule has 0 radical (unpaired) electrons. The van der Waals surface area contributed by atoms with Gasteiger partial charge < -0.3 is 4.90 Å². The maximum Gasteiger partial charge on any atom is 0.240 e. The van der Waals surface area contributed by atoms with Crippen LogP contribution in [-0.2, 0) is 24.8 Å². The Labute approximate surface area is 198 Å². The van der Waals surface area contributed by atoms with Crippen molar-refractivity contribution in [2.75, 3.05) is 38.5 Å². The zero-order valence-corrected chi connectivity index (χ0v) is 21.3. The van der Waals surface area contributed by atoms with E-state index in [2.05, 4.69) is 4.72 Å². The number of nitrogens with zero attached hydrogens (tertiary/aromatic N) is 2. The van der Waals surface area contributed by atoms with E-state index < -0.39 is 20.0 Å². The maximum absolute atomic E-state index is 13.1. The second-order valence-electron chi connectivity index (χ2n) is 9.30. The minimum absolute atomic E-state index is 0.0671. The van der Waals surface area contributed by atoms with Crippen LogP contribution in [0.1, 0.15) is 51.0 Å². The molecular weight excluding hydrogens is 462 g/mol. The number of benzene rings is 1. The van der Waals surface area contributed by atoms with Gasteiger partial charge in [-0.15, -0.1) is 0 Å². The van der Waals surface area contributed by atoms with Crippen LogP contribution in [0.3, 0.4) is 0 Å². The number of likely N-dealkylation sites (tertiary alicyclic amines) is 1. The standard InChI is InChI=1S/C23H37N3O5S2/c1-3-4-16-32(28,29)26-14-11-21(12-15-26)23(27)25-13-5-6-20(18-25)17-24-33(30,31)22-9-7-19(2)8-10-22/h7-10,20-21,24H,3-6,11-18H2,1-2H3. The Bertz CT molecular complexity index is 1000. The van der Waals surface area contributed by atoms with Crippen molar-refractivity contribution in [2.24, 2.45) is 11.8 Å². The molecule has 1 atom stereocenters. The van der Waals surface area contributed by atoms with Gasteiger partial charge in [0.25, 0.3) is 0 Å². The highest BCUT2D eigenvalue weighted by Gasteiger charge is 2.34. The lowest BCUT2D eigenvalue weighted by Crippen LogP contribution is -2.48. The van der Waals surface area contributed by atoms with Gasteiger partial charge in [0.2, 0.25) is 26.0 Å². The minimum Gasteiger partial charge on any atom is -0.342 e. The highest BCUT2D eigenvalue weighted by atomic mass is 32.2. The summed E-state index contributed by atoms with van der Waals surface area (Å²) in [5, 5.41) is 0. The molecule has 1 amide bonds. The predicted octanol–water partition coefficient (Wildman–Crippen LogP) is 2.35. The van der Waals surface area contributed by atoms with E-state index >= 15 is 0 Å². The molecule has 2 heterocycles. The van der Waals surface area contributed by atoms with Gasteiger partial charge in [0.1, 0.15) is 0 Å². The number of unbranched alkanes of at least 4 members (excludes halogenated alkanes) is 1. The number of hydrogen-bond acceptors (Lipinski definition) is 5. The topological polar surface area (TPSA) is 104 Å². The second kappa shape index (κ2) is 11.3. The van der Waals surface area contributed by atoms with Gasteiger partial charge in [-0.25, -0.2) is 25.9 Å². The van der Waals surface area contributed by atoms with Gasteiger partial charge in [-0.3, -0.25) is 4.79 Å². The summed E-state index contributed by atoms with van der Waals surface area (Å²) in [4.78, 5) is 15.2. The molecule has 0 saturated carbocycles. The smallest absolute Gasteiger partial charge is 0.240 e. The second-order valence-corrected chi connectivity index (χ2v) is 13.2. The fourth-order valence-electron chi connectivity index (χ4n) is 4.56. The number of amides is 1. The zero-order valence-electron chi connectivity index (χ0n) is 19.7. The summed E-state index contributed by atoms with van der Waals surface area (Å²) in [5.41, 5.74) is 1.000. The number of rotatable bonds is 9. The van der Waals surface area contributed by atoms with E-state index in [1.165, 1.54) is 4.31 Å². The van der Waals surface area contributed by atoms with Crippen molar-refractivity contribution in [1.82, 2.24) is 13.9 Å². The Hall–Kier alpha value is -1.49. The molecule has 186 valence electrons. The molecular formula is C23H37N3O5S2. The minimum atomic E-state index is -3.58. The third kappa shape index (κ3) is 7.00. The fraction of sp³-hybridized carbons (Fsp3) is 0.696. The van der Waals surface area contributed by atoms with E-state index in [9.17, 15) is 21.6 Å². The molecule has 1 unspecified atom stereocenters. The number of sulfonamides is 2. The van der Waals surface area contributed by atoms with Gasteiger partial charge in [0.05, 0.1) is 10.6 Å². The van der Waals surface area contributed by atoms with Crippen molar-refractivity contribution in [2.45, 2.75) is 57.3 Å². The van der Waals surface area contributed by atoms with Gasteiger partial charge in [0, 0.05) is 38.6 Å². The SMILES string of the molecule is CCCCS(=O)(=O)N1CCC(C(=O)N2CCCC(CNS(=O)(=O)c3ccc(C)cc3)C2)CC1. The van der Waals surface area contributed by atoms with Crippen molar-refractivity contribution in [1.29, 1.82) is 0 Å². The lowest BCUT2D eigenvalue weighted by atomic mass is 9.93. The van der Waals surface area contributed by atoms with E-state index in [4.69, 9.17) is 0 Å². The predicted molar refractivity (Wildman–Crippen MR) is 129 cm³/mol. The van der Waals surface area contributed by atoms with Crippen molar-refractivity contribution in [3.8, 4) is 0 Å². The van der Waals surface area contributed by atoms with Crippen LogP contribution >= 0.6 is 0 Å². The molecule has 8 nitrogen and oxygen atoms in total. The summed E-state index contributed by atoms with van der Waals surface area (Å²) in [5.74, 6) is 0.156. The van der Waals surface area contributed by atoms with Gasteiger partial charge in [-0.2, -0.15) is 0 Å². The van der Waals surface area contributed by atoms with Crippen molar-refractivity contribution < 1.29 is 21.6 Å². The summed E-state index contributed by atoms with van der Waals surface area (Å²) in [6, 6.07) is 6.75. The molecule has 2 aliphatic rings. The first-order valence-corrected chi connectivity index (χ1v) is 15.0. The van der Waals surface area contributed by atoms with Gasteiger partial charge in [0.15, 0.2) is 0 Å². The van der Waals surface area contributed by atoms with Crippen LogP contribution in [-0.4, -0.2) is 70.4 Å². The molecule has 1 aromatic carbocycles. The highest BCUT2D eigenvalue weighted by molar-refractivity contribution is 7.89. The molecule has 3 rings (SSSR count). The Morgan fingerprint density at radius 3 is 2.33 bits per heavy atom. The van der Waals surface area contributed by atoms with Crippen LogP contribution in [0.15, 0.2) is 29.2 Å². The highest BCUT2D eigenvalue weighted by Crippen LogP contribution is 2.25. The fourth-order valence-corrected chi connectivity index (χ4v) is 7.35.